The Labute approximate surface area is 177 Å². The average Bonchev–Trinajstić information content (AvgIpc) is 2.74. The summed E-state index contributed by atoms with van der Waals surface area (Å²) >= 11 is 0. The number of benzene rings is 1. The number of methoxy groups -OCH3 is 2. The van der Waals surface area contributed by atoms with E-state index in [-0.39, 0.29) is 36.3 Å². The summed E-state index contributed by atoms with van der Waals surface area (Å²) in [6, 6.07) is 5.37. The van der Waals surface area contributed by atoms with Crippen molar-refractivity contribution in [3.8, 4) is 11.5 Å². The Kier molecular flexibility index (Phi) is 9.00. The Morgan fingerprint density at radius 3 is 2.55 bits per heavy atom. The number of nitrogens with one attached hydrogen (secondary N) is 2. The molecule has 162 valence electrons. The van der Waals surface area contributed by atoms with E-state index in [0.717, 1.165) is 19.4 Å². The first-order chi connectivity index (χ1) is 13.6. The van der Waals surface area contributed by atoms with Gasteiger partial charge in [-0.15, -0.1) is 12.4 Å². The van der Waals surface area contributed by atoms with Gasteiger partial charge in [0.25, 0.3) is 5.91 Å². The van der Waals surface area contributed by atoms with Gasteiger partial charge in [0.2, 0.25) is 5.91 Å². The van der Waals surface area contributed by atoms with Gasteiger partial charge >= 0.3 is 0 Å². The molecule has 2 heterocycles. The van der Waals surface area contributed by atoms with Gasteiger partial charge in [0, 0.05) is 43.7 Å². The highest BCUT2D eigenvalue weighted by Crippen LogP contribution is 2.28. The number of amides is 2. The number of hydrogen-bond donors (Lipinski definition) is 2. The molecule has 2 N–H and O–H groups in total. The van der Waals surface area contributed by atoms with Gasteiger partial charge in [-0.05, 0) is 31.0 Å². The molecule has 0 aliphatic carbocycles. The van der Waals surface area contributed by atoms with Crippen LogP contribution in [0.15, 0.2) is 18.2 Å². The fourth-order valence-corrected chi connectivity index (χ4v) is 3.64. The fraction of sp³-hybridized carbons (Fsp3) is 0.600. The highest BCUT2D eigenvalue weighted by molar-refractivity contribution is 5.95. The predicted octanol–water partition coefficient (Wildman–Crippen LogP) is 1.22. The maximum Gasteiger partial charge on any atom is 0.253 e. The van der Waals surface area contributed by atoms with Gasteiger partial charge in [-0.2, -0.15) is 0 Å². The SMILES string of the molecule is COc1ccc(C(=O)N2CCC(NC(=O)CC3COCCN3)CC2)cc1OC.Cl. The average molecular weight is 428 g/mol. The fourth-order valence-electron chi connectivity index (χ4n) is 3.64. The van der Waals surface area contributed by atoms with E-state index < -0.39 is 0 Å². The maximum atomic E-state index is 12.8. The summed E-state index contributed by atoms with van der Waals surface area (Å²) in [5.41, 5.74) is 0.573. The number of hydrogen-bond acceptors (Lipinski definition) is 6. The molecule has 9 heteroatoms. The number of carbonyl (C=O) groups excluding carboxylic acids is 2. The van der Waals surface area contributed by atoms with Crippen molar-refractivity contribution < 1.29 is 23.8 Å². The van der Waals surface area contributed by atoms with Crippen molar-refractivity contribution in [2.24, 2.45) is 0 Å². The normalized spacial score (nSPS) is 19.8. The van der Waals surface area contributed by atoms with Crippen LogP contribution in [0.4, 0.5) is 0 Å². The number of rotatable bonds is 6. The molecule has 2 amide bonds. The summed E-state index contributed by atoms with van der Waals surface area (Å²) < 4.78 is 15.9. The van der Waals surface area contributed by atoms with E-state index >= 15 is 0 Å². The molecule has 2 aliphatic heterocycles. The van der Waals surface area contributed by atoms with E-state index in [1.807, 2.05) is 4.90 Å². The minimum Gasteiger partial charge on any atom is -0.493 e. The summed E-state index contributed by atoms with van der Waals surface area (Å²) in [4.78, 5) is 26.8. The third-order valence-electron chi connectivity index (χ3n) is 5.21. The monoisotopic (exact) mass is 427 g/mol. The number of nitrogens with zero attached hydrogens (tertiary/aromatic N) is 1. The van der Waals surface area contributed by atoms with E-state index in [0.29, 0.717) is 49.8 Å². The third kappa shape index (κ3) is 6.22. The number of carbonyl (C=O) groups is 2. The van der Waals surface area contributed by atoms with Gasteiger partial charge in [0.15, 0.2) is 11.5 Å². The lowest BCUT2D eigenvalue weighted by atomic mass is 10.0. The second-order valence-corrected chi connectivity index (χ2v) is 7.13. The molecule has 2 aliphatic rings. The van der Waals surface area contributed by atoms with E-state index in [1.54, 1.807) is 32.4 Å². The van der Waals surface area contributed by atoms with E-state index in [2.05, 4.69) is 10.6 Å². The third-order valence-corrected chi connectivity index (χ3v) is 5.21. The number of halogens is 1. The molecule has 1 unspecified atom stereocenters. The van der Waals surface area contributed by atoms with Crippen molar-refractivity contribution in [1.29, 1.82) is 0 Å². The van der Waals surface area contributed by atoms with Crippen LogP contribution in [-0.4, -0.2) is 75.9 Å². The number of likely N-dealkylation sites (tertiary alicyclic amines) is 1. The molecule has 0 saturated carbocycles. The van der Waals surface area contributed by atoms with Crippen LogP contribution < -0.4 is 20.1 Å². The van der Waals surface area contributed by atoms with Crippen LogP contribution in [0.3, 0.4) is 0 Å². The van der Waals surface area contributed by atoms with Gasteiger partial charge in [0.1, 0.15) is 0 Å². The quantitative estimate of drug-likeness (QED) is 0.709. The first-order valence-corrected chi connectivity index (χ1v) is 9.72. The highest BCUT2D eigenvalue weighted by Gasteiger charge is 2.26. The van der Waals surface area contributed by atoms with Crippen molar-refractivity contribution in [2.75, 3.05) is 47.1 Å². The molecule has 2 fully saturated rings. The Morgan fingerprint density at radius 2 is 1.93 bits per heavy atom. The number of ether oxygens (including phenoxy) is 3. The smallest absolute Gasteiger partial charge is 0.253 e. The lowest BCUT2D eigenvalue weighted by molar-refractivity contribution is -0.123. The summed E-state index contributed by atoms with van der Waals surface area (Å²) in [6.07, 6.45) is 1.92. The second kappa shape index (κ2) is 11.2. The van der Waals surface area contributed by atoms with Gasteiger partial charge in [-0.1, -0.05) is 0 Å². The molecular formula is C20H30ClN3O5. The standard InChI is InChI=1S/C20H29N3O5.ClH/c1-26-17-4-3-14(11-18(17)27-2)20(25)23-8-5-15(6-9-23)22-19(24)12-16-13-28-10-7-21-16;/h3-4,11,15-16,21H,5-10,12-13H2,1-2H3,(H,22,24);1H. The van der Waals surface area contributed by atoms with E-state index in [4.69, 9.17) is 14.2 Å². The molecule has 0 aromatic heterocycles. The molecule has 2 saturated heterocycles. The van der Waals surface area contributed by atoms with E-state index in [9.17, 15) is 9.59 Å². The molecular weight excluding hydrogens is 398 g/mol. The van der Waals surface area contributed by atoms with Crippen LogP contribution in [0, 0.1) is 0 Å². The molecule has 0 radical (unpaired) electrons. The van der Waals surface area contributed by atoms with Crippen LogP contribution in [0.1, 0.15) is 29.6 Å². The van der Waals surface area contributed by atoms with Crippen LogP contribution in [0.2, 0.25) is 0 Å². The molecule has 1 aromatic rings. The van der Waals surface area contributed by atoms with Gasteiger partial charge in [-0.25, -0.2) is 0 Å². The molecule has 1 atom stereocenters. The molecule has 29 heavy (non-hydrogen) atoms. The summed E-state index contributed by atoms with van der Waals surface area (Å²) in [6.45, 7) is 3.29. The minimum absolute atomic E-state index is 0. The maximum absolute atomic E-state index is 12.8. The number of piperidine rings is 1. The minimum atomic E-state index is -0.0331. The number of morpholine rings is 1. The van der Waals surface area contributed by atoms with Crippen molar-refractivity contribution >= 4 is 24.2 Å². The largest absolute Gasteiger partial charge is 0.493 e. The topological polar surface area (TPSA) is 89.1 Å². The van der Waals surface area contributed by atoms with Crippen LogP contribution in [0.5, 0.6) is 11.5 Å². The Morgan fingerprint density at radius 1 is 1.21 bits per heavy atom. The summed E-state index contributed by atoms with van der Waals surface area (Å²) in [5.74, 6) is 1.14. The predicted molar refractivity (Wildman–Crippen MR) is 111 cm³/mol. The first-order valence-electron chi connectivity index (χ1n) is 9.72. The molecule has 3 rings (SSSR count). The zero-order valence-corrected chi connectivity index (χ0v) is 17.8. The molecule has 0 spiro atoms. The van der Waals surface area contributed by atoms with Crippen molar-refractivity contribution in [3.63, 3.8) is 0 Å². The summed E-state index contributed by atoms with van der Waals surface area (Å²) in [7, 11) is 3.12. The van der Waals surface area contributed by atoms with Crippen LogP contribution in [-0.2, 0) is 9.53 Å². The van der Waals surface area contributed by atoms with Crippen molar-refractivity contribution in [3.05, 3.63) is 23.8 Å². The van der Waals surface area contributed by atoms with Crippen molar-refractivity contribution in [2.45, 2.75) is 31.3 Å². The van der Waals surface area contributed by atoms with Gasteiger partial charge in [-0.3, -0.25) is 9.59 Å². The lowest BCUT2D eigenvalue weighted by Crippen LogP contribution is -2.49. The Balaban J connectivity index is 0.00000300. The Bertz CT molecular complexity index is 689. The first kappa shape index (κ1) is 23.3. The van der Waals surface area contributed by atoms with Gasteiger partial charge in [0.05, 0.1) is 27.4 Å². The zero-order valence-electron chi connectivity index (χ0n) is 16.9. The Hall–Kier alpha value is -2.03. The van der Waals surface area contributed by atoms with Gasteiger partial charge < -0.3 is 29.7 Å². The summed E-state index contributed by atoms with van der Waals surface area (Å²) in [5, 5.41) is 6.38. The molecule has 1 aromatic carbocycles. The second-order valence-electron chi connectivity index (χ2n) is 7.13. The molecule has 0 bridgehead atoms. The molecule has 8 nitrogen and oxygen atoms in total. The zero-order chi connectivity index (χ0) is 19.9. The van der Waals surface area contributed by atoms with E-state index in [1.165, 1.54) is 0 Å². The van der Waals surface area contributed by atoms with Crippen molar-refractivity contribution in [1.82, 2.24) is 15.5 Å². The highest BCUT2D eigenvalue weighted by atomic mass is 35.5. The van der Waals surface area contributed by atoms with Crippen LogP contribution >= 0.6 is 12.4 Å². The lowest BCUT2D eigenvalue weighted by Gasteiger charge is -2.33. The van der Waals surface area contributed by atoms with Crippen LogP contribution in [0.25, 0.3) is 0 Å².